The molecule has 3 nitrogen and oxygen atoms in total. The monoisotopic (exact) mass is 243 g/mol. The molecule has 0 aliphatic heterocycles. The van der Waals surface area contributed by atoms with E-state index in [9.17, 15) is 8.78 Å². The van der Waals surface area contributed by atoms with E-state index in [1.165, 1.54) is 0 Å². The van der Waals surface area contributed by atoms with E-state index < -0.39 is 5.92 Å². The molecule has 0 saturated heterocycles. The lowest BCUT2D eigenvalue weighted by atomic mass is 9.83. The Bertz CT molecular complexity index is 377. The van der Waals surface area contributed by atoms with Crippen LogP contribution in [0.1, 0.15) is 56.2 Å². The minimum atomic E-state index is -2.48. The van der Waals surface area contributed by atoms with Crippen molar-refractivity contribution < 1.29 is 8.78 Å². The van der Waals surface area contributed by atoms with E-state index in [2.05, 4.69) is 17.1 Å². The molecule has 1 aromatic heterocycles. The van der Waals surface area contributed by atoms with Gasteiger partial charge in [0.05, 0.1) is 0 Å². The Kier molecular flexibility index (Phi) is 3.35. The number of rotatable bonds is 3. The third-order valence-corrected chi connectivity index (χ3v) is 3.56. The second-order valence-corrected chi connectivity index (χ2v) is 4.88. The average Bonchev–Trinajstić information content (AvgIpc) is 2.62. The van der Waals surface area contributed by atoms with Gasteiger partial charge in [-0.3, -0.25) is 5.10 Å². The summed E-state index contributed by atoms with van der Waals surface area (Å²) in [5, 5.41) is 6.95. The molecule has 1 aromatic rings. The first-order valence-electron chi connectivity index (χ1n) is 6.24. The number of aromatic amines is 1. The molecular weight excluding hydrogens is 224 g/mol. The lowest BCUT2D eigenvalue weighted by molar-refractivity contribution is -0.0385. The minimum Gasteiger partial charge on any atom is -0.382 e. The van der Waals surface area contributed by atoms with E-state index >= 15 is 0 Å². The van der Waals surface area contributed by atoms with Crippen molar-refractivity contribution in [2.75, 3.05) is 5.73 Å². The van der Waals surface area contributed by atoms with Gasteiger partial charge < -0.3 is 5.73 Å². The van der Waals surface area contributed by atoms with Gasteiger partial charge in [0.1, 0.15) is 5.82 Å². The average molecular weight is 243 g/mol. The third kappa shape index (κ3) is 2.58. The Morgan fingerprint density at radius 1 is 1.41 bits per heavy atom. The standard InChI is InChI=1S/C12H19F2N3/c1-2-3-9-10(16-17-11(9)15)8-4-6-12(13,14)7-5-8/h8H,2-7H2,1H3,(H3,15,16,17). The van der Waals surface area contributed by atoms with Gasteiger partial charge in [-0.2, -0.15) is 5.10 Å². The highest BCUT2D eigenvalue weighted by atomic mass is 19.3. The first-order valence-corrected chi connectivity index (χ1v) is 6.24. The minimum absolute atomic E-state index is 0.0256. The highest BCUT2D eigenvalue weighted by molar-refractivity contribution is 5.43. The van der Waals surface area contributed by atoms with Crippen LogP contribution in [-0.2, 0) is 6.42 Å². The summed E-state index contributed by atoms with van der Waals surface area (Å²) in [4.78, 5) is 0. The number of halogens is 2. The van der Waals surface area contributed by atoms with Gasteiger partial charge in [0.15, 0.2) is 0 Å². The first kappa shape index (κ1) is 12.3. The predicted octanol–water partition coefficient (Wildman–Crippen LogP) is 3.24. The van der Waals surface area contributed by atoms with Crippen LogP contribution < -0.4 is 5.73 Å². The Labute approximate surface area is 99.8 Å². The van der Waals surface area contributed by atoms with Crippen LogP contribution >= 0.6 is 0 Å². The van der Waals surface area contributed by atoms with Gasteiger partial charge >= 0.3 is 0 Å². The summed E-state index contributed by atoms with van der Waals surface area (Å²) in [5.74, 6) is -1.78. The third-order valence-electron chi connectivity index (χ3n) is 3.56. The molecule has 2 rings (SSSR count). The van der Waals surface area contributed by atoms with Gasteiger partial charge in [0, 0.05) is 30.0 Å². The van der Waals surface area contributed by atoms with Crippen LogP contribution in [0.3, 0.4) is 0 Å². The molecule has 96 valence electrons. The van der Waals surface area contributed by atoms with Gasteiger partial charge in [-0.05, 0) is 19.3 Å². The SMILES string of the molecule is CCCc1c(N)n[nH]c1C1CCC(F)(F)CC1. The van der Waals surface area contributed by atoms with Crippen LogP contribution in [0.4, 0.5) is 14.6 Å². The van der Waals surface area contributed by atoms with Gasteiger partial charge in [-0.15, -0.1) is 0 Å². The summed E-state index contributed by atoms with van der Waals surface area (Å²) in [6, 6.07) is 0. The number of hydrogen-bond acceptors (Lipinski definition) is 2. The second-order valence-electron chi connectivity index (χ2n) is 4.88. The topological polar surface area (TPSA) is 54.7 Å². The van der Waals surface area contributed by atoms with E-state index in [-0.39, 0.29) is 18.8 Å². The molecule has 1 heterocycles. The Morgan fingerprint density at radius 2 is 2.06 bits per heavy atom. The van der Waals surface area contributed by atoms with Crippen LogP contribution in [0.25, 0.3) is 0 Å². The maximum Gasteiger partial charge on any atom is 0.248 e. The van der Waals surface area contributed by atoms with E-state index in [1.807, 2.05) is 0 Å². The molecule has 0 radical (unpaired) electrons. The lowest BCUT2D eigenvalue weighted by Gasteiger charge is -2.28. The maximum absolute atomic E-state index is 13.1. The molecule has 17 heavy (non-hydrogen) atoms. The molecule has 1 saturated carbocycles. The Morgan fingerprint density at radius 3 is 2.65 bits per heavy atom. The quantitative estimate of drug-likeness (QED) is 0.856. The van der Waals surface area contributed by atoms with Crippen LogP contribution in [0.2, 0.25) is 0 Å². The largest absolute Gasteiger partial charge is 0.382 e. The van der Waals surface area contributed by atoms with Gasteiger partial charge in [0.25, 0.3) is 0 Å². The van der Waals surface area contributed by atoms with Crippen molar-refractivity contribution in [1.29, 1.82) is 0 Å². The van der Waals surface area contributed by atoms with Gasteiger partial charge in [0.2, 0.25) is 5.92 Å². The molecule has 0 bridgehead atoms. The summed E-state index contributed by atoms with van der Waals surface area (Å²) in [7, 11) is 0. The van der Waals surface area contributed by atoms with Crippen LogP contribution in [-0.4, -0.2) is 16.1 Å². The normalized spacial score (nSPS) is 20.6. The summed E-state index contributed by atoms with van der Waals surface area (Å²) in [5.41, 5.74) is 7.81. The predicted molar refractivity (Wildman–Crippen MR) is 63.2 cm³/mol. The summed E-state index contributed by atoms with van der Waals surface area (Å²) in [6.07, 6.45) is 2.84. The van der Waals surface area contributed by atoms with Gasteiger partial charge in [-0.1, -0.05) is 13.3 Å². The molecule has 5 heteroatoms. The number of hydrogen-bond donors (Lipinski definition) is 2. The molecule has 1 fully saturated rings. The van der Waals surface area contributed by atoms with E-state index in [4.69, 9.17) is 5.73 Å². The number of aromatic nitrogens is 2. The summed E-state index contributed by atoms with van der Waals surface area (Å²) < 4.78 is 26.2. The number of nitrogen functional groups attached to an aromatic ring is 1. The van der Waals surface area contributed by atoms with Crippen LogP contribution in [0.5, 0.6) is 0 Å². The summed E-state index contributed by atoms with van der Waals surface area (Å²) in [6.45, 7) is 2.07. The first-order chi connectivity index (χ1) is 8.03. The molecule has 0 atom stereocenters. The van der Waals surface area contributed by atoms with Crippen molar-refractivity contribution in [3.63, 3.8) is 0 Å². The number of alkyl halides is 2. The zero-order chi connectivity index (χ0) is 12.5. The zero-order valence-electron chi connectivity index (χ0n) is 10.1. The van der Waals surface area contributed by atoms with E-state index in [0.717, 1.165) is 24.1 Å². The zero-order valence-corrected chi connectivity index (χ0v) is 10.1. The highest BCUT2D eigenvalue weighted by Crippen LogP contribution is 2.41. The van der Waals surface area contributed by atoms with Crippen LogP contribution in [0, 0.1) is 0 Å². The van der Waals surface area contributed by atoms with Crippen molar-refractivity contribution in [3.8, 4) is 0 Å². The number of nitrogens with two attached hydrogens (primary N) is 1. The lowest BCUT2D eigenvalue weighted by Crippen LogP contribution is -2.24. The fourth-order valence-electron chi connectivity index (χ4n) is 2.57. The van der Waals surface area contributed by atoms with Crippen molar-refractivity contribution in [2.24, 2.45) is 0 Å². The van der Waals surface area contributed by atoms with Crippen molar-refractivity contribution >= 4 is 5.82 Å². The second kappa shape index (κ2) is 4.63. The summed E-state index contributed by atoms with van der Waals surface area (Å²) >= 11 is 0. The number of nitrogens with zero attached hydrogens (tertiary/aromatic N) is 1. The van der Waals surface area contributed by atoms with Gasteiger partial charge in [-0.25, -0.2) is 8.78 Å². The number of H-pyrrole nitrogens is 1. The van der Waals surface area contributed by atoms with Crippen molar-refractivity contribution in [1.82, 2.24) is 10.2 Å². The molecule has 1 aliphatic rings. The molecule has 1 aliphatic carbocycles. The van der Waals surface area contributed by atoms with Crippen LogP contribution in [0.15, 0.2) is 0 Å². The Balaban J connectivity index is 2.13. The van der Waals surface area contributed by atoms with E-state index in [0.29, 0.717) is 18.7 Å². The fraction of sp³-hybridized carbons (Fsp3) is 0.750. The van der Waals surface area contributed by atoms with Crippen molar-refractivity contribution in [2.45, 2.75) is 57.3 Å². The molecular formula is C12H19F2N3. The molecule has 3 N–H and O–H groups in total. The fourth-order valence-corrected chi connectivity index (χ4v) is 2.57. The van der Waals surface area contributed by atoms with Crippen molar-refractivity contribution in [3.05, 3.63) is 11.3 Å². The molecule has 0 spiro atoms. The number of anilines is 1. The highest BCUT2D eigenvalue weighted by Gasteiger charge is 2.36. The van der Waals surface area contributed by atoms with E-state index in [1.54, 1.807) is 0 Å². The maximum atomic E-state index is 13.1. The smallest absolute Gasteiger partial charge is 0.248 e. The molecule has 0 amide bonds. The number of nitrogens with one attached hydrogen (secondary N) is 1. The molecule has 0 unspecified atom stereocenters. The Hall–Kier alpha value is -1.13. The molecule has 0 aromatic carbocycles.